The molecule has 0 N–H and O–H groups in total. The minimum atomic E-state index is 0.336. The average molecular weight is 220 g/mol. The number of nitrogens with zero attached hydrogens (tertiary/aromatic N) is 2. The molecule has 0 aromatic carbocycles. The third-order valence-electron chi connectivity index (χ3n) is 4.62. The van der Waals surface area contributed by atoms with Gasteiger partial charge in [-0.2, -0.15) is 5.26 Å². The third-order valence-corrected chi connectivity index (χ3v) is 4.62. The summed E-state index contributed by atoms with van der Waals surface area (Å²) in [6.45, 7) is 4.66. The van der Waals surface area contributed by atoms with Crippen LogP contribution in [0.5, 0.6) is 0 Å². The van der Waals surface area contributed by atoms with Crippen molar-refractivity contribution >= 4 is 0 Å². The number of nitriles is 1. The fourth-order valence-electron chi connectivity index (χ4n) is 3.31. The predicted molar refractivity (Wildman–Crippen MR) is 65.9 cm³/mol. The first-order valence-electron chi connectivity index (χ1n) is 6.97. The van der Waals surface area contributed by atoms with Gasteiger partial charge < -0.3 is 4.90 Å². The summed E-state index contributed by atoms with van der Waals surface area (Å²) >= 11 is 0. The molecule has 2 nitrogen and oxygen atoms in total. The van der Waals surface area contributed by atoms with E-state index in [2.05, 4.69) is 17.9 Å². The third kappa shape index (κ3) is 2.77. The van der Waals surface area contributed by atoms with Crippen molar-refractivity contribution in [3.63, 3.8) is 0 Å². The summed E-state index contributed by atoms with van der Waals surface area (Å²) in [7, 11) is 0. The van der Waals surface area contributed by atoms with Crippen LogP contribution in [0.3, 0.4) is 0 Å². The molecule has 0 spiro atoms. The molecule has 2 rings (SSSR count). The van der Waals surface area contributed by atoms with Crippen LogP contribution >= 0.6 is 0 Å². The molecule has 2 heteroatoms. The lowest BCUT2D eigenvalue weighted by atomic mass is 9.83. The molecule has 1 aliphatic heterocycles. The standard InChI is InChI=1S/C14H24N2/c1-2-12-3-5-14(6-4-12)16-9-7-13(11-15)8-10-16/h12-14H,2-10H2,1H3. The quantitative estimate of drug-likeness (QED) is 0.714. The van der Waals surface area contributed by atoms with Crippen LogP contribution in [-0.4, -0.2) is 24.0 Å². The first-order valence-corrected chi connectivity index (χ1v) is 6.97. The molecule has 1 aliphatic carbocycles. The first-order chi connectivity index (χ1) is 7.83. The molecule has 0 atom stereocenters. The van der Waals surface area contributed by atoms with Crippen molar-refractivity contribution in [1.82, 2.24) is 4.90 Å². The van der Waals surface area contributed by atoms with Crippen LogP contribution in [0, 0.1) is 23.2 Å². The number of likely N-dealkylation sites (tertiary alicyclic amines) is 1. The highest BCUT2D eigenvalue weighted by Crippen LogP contribution is 2.31. The van der Waals surface area contributed by atoms with Gasteiger partial charge in [-0.25, -0.2) is 0 Å². The number of hydrogen-bond donors (Lipinski definition) is 0. The van der Waals surface area contributed by atoms with Gasteiger partial charge in [0.25, 0.3) is 0 Å². The van der Waals surface area contributed by atoms with Crippen molar-refractivity contribution < 1.29 is 0 Å². The lowest BCUT2D eigenvalue weighted by Crippen LogP contribution is -2.43. The van der Waals surface area contributed by atoms with Crippen LogP contribution in [0.25, 0.3) is 0 Å². The monoisotopic (exact) mass is 220 g/mol. The lowest BCUT2D eigenvalue weighted by Gasteiger charge is -2.39. The van der Waals surface area contributed by atoms with E-state index in [-0.39, 0.29) is 0 Å². The Hall–Kier alpha value is -0.550. The molecular weight excluding hydrogens is 196 g/mol. The summed E-state index contributed by atoms with van der Waals surface area (Å²) in [5.74, 6) is 1.33. The summed E-state index contributed by atoms with van der Waals surface area (Å²) < 4.78 is 0. The van der Waals surface area contributed by atoms with Crippen molar-refractivity contribution in [2.24, 2.45) is 11.8 Å². The first kappa shape index (κ1) is 11.9. The molecule has 2 aliphatic rings. The van der Waals surface area contributed by atoms with Crippen molar-refractivity contribution in [3.05, 3.63) is 0 Å². The molecule has 16 heavy (non-hydrogen) atoms. The molecule has 0 radical (unpaired) electrons. The Morgan fingerprint density at radius 2 is 1.69 bits per heavy atom. The zero-order valence-corrected chi connectivity index (χ0v) is 10.5. The van der Waals surface area contributed by atoms with Gasteiger partial charge in [-0.15, -0.1) is 0 Å². The molecule has 1 saturated carbocycles. The van der Waals surface area contributed by atoms with Crippen molar-refractivity contribution in [3.8, 4) is 6.07 Å². The van der Waals surface area contributed by atoms with E-state index in [9.17, 15) is 0 Å². The van der Waals surface area contributed by atoms with Crippen LogP contribution in [-0.2, 0) is 0 Å². The SMILES string of the molecule is CCC1CCC(N2CCC(C#N)CC2)CC1. The maximum absolute atomic E-state index is 8.89. The highest BCUT2D eigenvalue weighted by atomic mass is 15.2. The van der Waals surface area contributed by atoms with Gasteiger partial charge in [0.2, 0.25) is 0 Å². The van der Waals surface area contributed by atoms with Gasteiger partial charge in [-0.1, -0.05) is 13.3 Å². The van der Waals surface area contributed by atoms with Crippen LogP contribution < -0.4 is 0 Å². The van der Waals surface area contributed by atoms with E-state index in [1.54, 1.807) is 0 Å². The molecule has 0 amide bonds. The van der Waals surface area contributed by atoms with E-state index < -0.39 is 0 Å². The maximum atomic E-state index is 8.89. The Kier molecular flexibility index (Phi) is 4.23. The highest BCUT2D eigenvalue weighted by Gasteiger charge is 2.28. The molecule has 2 fully saturated rings. The van der Waals surface area contributed by atoms with Gasteiger partial charge in [-0.05, 0) is 57.5 Å². The minimum Gasteiger partial charge on any atom is -0.300 e. The molecule has 1 heterocycles. The fourth-order valence-corrected chi connectivity index (χ4v) is 3.31. The molecular formula is C14H24N2. The highest BCUT2D eigenvalue weighted by molar-refractivity contribution is 4.90. The Bertz CT molecular complexity index is 240. The number of rotatable bonds is 2. The Morgan fingerprint density at radius 1 is 1.06 bits per heavy atom. The second kappa shape index (κ2) is 5.68. The summed E-state index contributed by atoms with van der Waals surface area (Å²) in [6.07, 6.45) is 9.22. The van der Waals surface area contributed by atoms with Crippen LogP contribution in [0.4, 0.5) is 0 Å². The van der Waals surface area contributed by atoms with Gasteiger partial charge in [0.05, 0.1) is 6.07 Å². The topological polar surface area (TPSA) is 27.0 Å². The molecule has 0 aromatic heterocycles. The van der Waals surface area contributed by atoms with Gasteiger partial charge >= 0.3 is 0 Å². The van der Waals surface area contributed by atoms with E-state index in [0.717, 1.165) is 24.8 Å². The van der Waals surface area contributed by atoms with Gasteiger partial charge in [-0.3, -0.25) is 0 Å². The summed E-state index contributed by atoms with van der Waals surface area (Å²) in [6, 6.07) is 3.25. The van der Waals surface area contributed by atoms with E-state index in [0.29, 0.717) is 5.92 Å². The van der Waals surface area contributed by atoms with Crippen LogP contribution in [0.15, 0.2) is 0 Å². The fraction of sp³-hybridized carbons (Fsp3) is 0.929. The maximum Gasteiger partial charge on any atom is 0.0656 e. The zero-order chi connectivity index (χ0) is 11.4. The van der Waals surface area contributed by atoms with Crippen molar-refractivity contribution in [2.75, 3.05) is 13.1 Å². The van der Waals surface area contributed by atoms with Crippen LogP contribution in [0.2, 0.25) is 0 Å². The van der Waals surface area contributed by atoms with E-state index >= 15 is 0 Å². The zero-order valence-electron chi connectivity index (χ0n) is 10.5. The van der Waals surface area contributed by atoms with E-state index in [1.807, 2.05) is 0 Å². The lowest BCUT2D eigenvalue weighted by molar-refractivity contribution is 0.103. The Balaban J connectivity index is 1.76. The largest absolute Gasteiger partial charge is 0.300 e. The molecule has 1 saturated heterocycles. The normalized spacial score (nSPS) is 33.5. The van der Waals surface area contributed by atoms with Crippen LogP contribution in [0.1, 0.15) is 51.9 Å². The predicted octanol–water partition coefficient (Wildman–Crippen LogP) is 3.19. The Labute approximate surface area is 99.6 Å². The van der Waals surface area contributed by atoms with Gasteiger partial charge in [0, 0.05) is 12.0 Å². The second-order valence-corrected chi connectivity index (χ2v) is 5.52. The van der Waals surface area contributed by atoms with E-state index in [4.69, 9.17) is 5.26 Å². The van der Waals surface area contributed by atoms with Gasteiger partial charge in [0.1, 0.15) is 0 Å². The summed E-state index contributed by atoms with van der Waals surface area (Å²) in [4.78, 5) is 2.65. The molecule has 0 aromatic rings. The van der Waals surface area contributed by atoms with Crippen molar-refractivity contribution in [2.45, 2.75) is 57.9 Å². The number of piperidine rings is 1. The molecule has 90 valence electrons. The summed E-state index contributed by atoms with van der Waals surface area (Å²) in [5, 5.41) is 8.89. The average Bonchev–Trinajstić information content (AvgIpc) is 2.39. The van der Waals surface area contributed by atoms with Gasteiger partial charge in [0.15, 0.2) is 0 Å². The second-order valence-electron chi connectivity index (χ2n) is 5.52. The smallest absolute Gasteiger partial charge is 0.0656 e. The molecule has 0 bridgehead atoms. The Morgan fingerprint density at radius 3 is 2.19 bits per heavy atom. The number of hydrogen-bond acceptors (Lipinski definition) is 2. The van der Waals surface area contributed by atoms with Crippen molar-refractivity contribution in [1.29, 1.82) is 5.26 Å². The summed E-state index contributed by atoms with van der Waals surface area (Å²) in [5.41, 5.74) is 0. The minimum absolute atomic E-state index is 0.336. The molecule has 0 unspecified atom stereocenters. The van der Waals surface area contributed by atoms with E-state index in [1.165, 1.54) is 45.2 Å².